The van der Waals surface area contributed by atoms with E-state index in [4.69, 9.17) is 0 Å². The second-order valence-corrected chi connectivity index (χ2v) is 2.91. The fourth-order valence-corrected chi connectivity index (χ4v) is 0.785. The largest absolute Gasteiger partial charge is 0.468 e. The van der Waals surface area contributed by atoms with Crippen molar-refractivity contribution in [1.82, 2.24) is 4.98 Å². The molecule has 1 aromatic rings. The van der Waals surface area contributed by atoms with Crippen LogP contribution in [0, 0.1) is 6.92 Å². The SMILES string of the molecule is CCOC=O.Cc1cccnc1Br. The van der Waals surface area contributed by atoms with Crippen LogP contribution in [0.25, 0.3) is 0 Å². The van der Waals surface area contributed by atoms with Crippen molar-refractivity contribution in [3.63, 3.8) is 0 Å². The summed E-state index contributed by atoms with van der Waals surface area (Å²) in [4.78, 5) is 13.2. The maximum absolute atomic E-state index is 9.18. The fourth-order valence-electron chi connectivity index (χ4n) is 0.534. The molecule has 4 heteroatoms. The van der Waals surface area contributed by atoms with Crippen molar-refractivity contribution >= 4 is 22.4 Å². The van der Waals surface area contributed by atoms with Gasteiger partial charge < -0.3 is 4.74 Å². The number of aromatic nitrogens is 1. The van der Waals surface area contributed by atoms with Gasteiger partial charge in [0, 0.05) is 6.20 Å². The number of pyridine rings is 1. The predicted molar refractivity (Wildman–Crippen MR) is 54.4 cm³/mol. The van der Waals surface area contributed by atoms with E-state index in [-0.39, 0.29) is 0 Å². The first-order chi connectivity index (χ1) is 6.22. The van der Waals surface area contributed by atoms with Crippen LogP contribution in [0.1, 0.15) is 12.5 Å². The number of aryl methyl sites for hydroxylation is 1. The Hall–Kier alpha value is -0.900. The quantitative estimate of drug-likeness (QED) is 0.593. The zero-order valence-corrected chi connectivity index (χ0v) is 9.24. The minimum Gasteiger partial charge on any atom is -0.468 e. The number of rotatable bonds is 2. The summed E-state index contributed by atoms with van der Waals surface area (Å²) in [6, 6.07) is 3.93. The molecule has 0 bridgehead atoms. The van der Waals surface area contributed by atoms with E-state index in [2.05, 4.69) is 25.7 Å². The Labute approximate surface area is 86.3 Å². The van der Waals surface area contributed by atoms with Gasteiger partial charge in [-0.25, -0.2) is 4.98 Å². The van der Waals surface area contributed by atoms with Crippen LogP contribution < -0.4 is 0 Å². The summed E-state index contributed by atoms with van der Waals surface area (Å²) < 4.78 is 5.08. The van der Waals surface area contributed by atoms with Crippen LogP contribution in [0.3, 0.4) is 0 Å². The van der Waals surface area contributed by atoms with Gasteiger partial charge in [0.15, 0.2) is 0 Å². The average molecular weight is 246 g/mol. The number of carbonyl (C=O) groups excluding carboxylic acids is 1. The summed E-state index contributed by atoms with van der Waals surface area (Å²) in [5.74, 6) is 0. The smallest absolute Gasteiger partial charge is 0.293 e. The van der Waals surface area contributed by atoms with Crippen LogP contribution in [-0.4, -0.2) is 18.1 Å². The van der Waals surface area contributed by atoms with E-state index in [1.54, 1.807) is 13.1 Å². The molecule has 13 heavy (non-hydrogen) atoms. The van der Waals surface area contributed by atoms with Gasteiger partial charge in [0.1, 0.15) is 4.60 Å². The number of halogens is 1. The van der Waals surface area contributed by atoms with Crippen LogP contribution in [0.5, 0.6) is 0 Å². The highest BCUT2D eigenvalue weighted by molar-refractivity contribution is 9.10. The Bertz CT molecular complexity index is 232. The summed E-state index contributed by atoms with van der Waals surface area (Å²) >= 11 is 3.28. The Kier molecular flexibility index (Phi) is 7.20. The molecule has 1 heterocycles. The van der Waals surface area contributed by atoms with Crippen molar-refractivity contribution < 1.29 is 9.53 Å². The zero-order chi connectivity index (χ0) is 10.1. The Morgan fingerprint density at radius 3 is 2.62 bits per heavy atom. The Morgan fingerprint density at radius 1 is 1.69 bits per heavy atom. The Balaban J connectivity index is 0.000000252. The lowest BCUT2D eigenvalue weighted by Crippen LogP contribution is -1.80. The molecular formula is C9H12BrNO2. The first-order valence-corrected chi connectivity index (χ1v) is 4.64. The molecule has 0 amide bonds. The molecular weight excluding hydrogens is 234 g/mol. The van der Waals surface area contributed by atoms with Gasteiger partial charge in [-0.2, -0.15) is 0 Å². The molecule has 0 spiro atoms. The Morgan fingerprint density at radius 2 is 2.38 bits per heavy atom. The molecule has 0 aliphatic heterocycles. The number of hydrogen-bond donors (Lipinski definition) is 0. The van der Waals surface area contributed by atoms with Crippen LogP contribution in [0.4, 0.5) is 0 Å². The van der Waals surface area contributed by atoms with E-state index in [9.17, 15) is 4.79 Å². The van der Waals surface area contributed by atoms with Gasteiger partial charge in [0.25, 0.3) is 6.47 Å². The summed E-state index contributed by atoms with van der Waals surface area (Å²) in [6.45, 7) is 4.68. The third-order valence-electron chi connectivity index (χ3n) is 1.18. The molecule has 0 saturated heterocycles. The maximum atomic E-state index is 9.18. The fraction of sp³-hybridized carbons (Fsp3) is 0.333. The minimum atomic E-state index is 0.431. The zero-order valence-electron chi connectivity index (χ0n) is 7.66. The van der Waals surface area contributed by atoms with E-state index in [0.29, 0.717) is 13.1 Å². The van der Waals surface area contributed by atoms with Gasteiger partial charge in [-0.15, -0.1) is 0 Å². The molecule has 72 valence electrons. The lowest BCUT2D eigenvalue weighted by molar-refractivity contribution is -0.128. The number of carbonyl (C=O) groups is 1. The van der Waals surface area contributed by atoms with E-state index >= 15 is 0 Å². The van der Waals surface area contributed by atoms with E-state index in [1.807, 2.05) is 19.1 Å². The lowest BCUT2D eigenvalue weighted by atomic mass is 10.3. The second-order valence-electron chi connectivity index (χ2n) is 2.16. The van der Waals surface area contributed by atoms with Crippen molar-refractivity contribution in [3.05, 3.63) is 28.5 Å². The van der Waals surface area contributed by atoms with Gasteiger partial charge in [-0.3, -0.25) is 4.79 Å². The molecule has 0 radical (unpaired) electrons. The highest BCUT2D eigenvalue weighted by atomic mass is 79.9. The third kappa shape index (κ3) is 6.28. The van der Waals surface area contributed by atoms with Gasteiger partial charge in [-0.05, 0) is 41.4 Å². The summed E-state index contributed by atoms with van der Waals surface area (Å²) in [7, 11) is 0. The normalized spacial score (nSPS) is 8.23. The van der Waals surface area contributed by atoms with Gasteiger partial charge in [0.2, 0.25) is 0 Å². The molecule has 0 atom stereocenters. The predicted octanol–water partition coefficient (Wildman–Crippen LogP) is 2.33. The number of nitrogens with zero attached hydrogens (tertiary/aromatic N) is 1. The molecule has 0 unspecified atom stereocenters. The van der Waals surface area contributed by atoms with Crippen molar-refractivity contribution in [2.45, 2.75) is 13.8 Å². The topological polar surface area (TPSA) is 39.2 Å². The molecule has 0 saturated carbocycles. The van der Waals surface area contributed by atoms with E-state index < -0.39 is 0 Å². The molecule has 1 aromatic heterocycles. The first-order valence-electron chi connectivity index (χ1n) is 3.84. The van der Waals surface area contributed by atoms with Crippen LogP contribution in [0.2, 0.25) is 0 Å². The molecule has 1 rings (SSSR count). The number of hydrogen-bond acceptors (Lipinski definition) is 3. The second kappa shape index (κ2) is 7.73. The van der Waals surface area contributed by atoms with Crippen LogP contribution in [-0.2, 0) is 9.53 Å². The van der Waals surface area contributed by atoms with Crippen molar-refractivity contribution in [3.8, 4) is 0 Å². The monoisotopic (exact) mass is 245 g/mol. The standard InChI is InChI=1S/C6H6BrN.C3H6O2/c1-5-3-2-4-8-6(5)7;1-2-5-3-4/h2-4H,1H3;3H,2H2,1H3. The highest BCUT2D eigenvalue weighted by Crippen LogP contribution is 2.09. The van der Waals surface area contributed by atoms with E-state index in [0.717, 1.165) is 4.60 Å². The van der Waals surface area contributed by atoms with Crippen molar-refractivity contribution in [1.29, 1.82) is 0 Å². The van der Waals surface area contributed by atoms with Gasteiger partial charge >= 0.3 is 0 Å². The van der Waals surface area contributed by atoms with Crippen LogP contribution in [0.15, 0.2) is 22.9 Å². The van der Waals surface area contributed by atoms with Crippen LogP contribution >= 0.6 is 15.9 Å². The number of ether oxygens (including phenoxy) is 1. The third-order valence-corrected chi connectivity index (χ3v) is 2.01. The highest BCUT2D eigenvalue weighted by Gasteiger charge is 1.87. The molecule has 0 aromatic carbocycles. The molecule has 0 N–H and O–H groups in total. The maximum Gasteiger partial charge on any atom is 0.293 e. The molecule has 3 nitrogen and oxygen atoms in total. The molecule has 0 aliphatic carbocycles. The minimum absolute atomic E-state index is 0.431. The van der Waals surface area contributed by atoms with Gasteiger partial charge in [0.05, 0.1) is 6.61 Å². The summed E-state index contributed by atoms with van der Waals surface area (Å²) in [6.07, 6.45) is 1.76. The first kappa shape index (κ1) is 12.1. The molecule has 0 aliphatic rings. The van der Waals surface area contributed by atoms with Crippen molar-refractivity contribution in [2.75, 3.05) is 6.61 Å². The average Bonchev–Trinajstić information content (AvgIpc) is 2.13. The lowest BCUT2D eigenvalue weighted by Gasteiger charge is -1.90. The molecule has 0 fully saturated rings. The van der Waals surface area contributed by atoms with E-state index in [1.165, 1.54) is 5.56 Å². The van der Waals surface area contributed by atoms with Crippen molar-refractivity contribution in [2.24, 2.45) is 0 Å². The summed E-state index contributed by atoms with van der Waals surface area (Å²) in [5, 5.41) is 0. The summed E-state index contributed by atoms with van der Waals surface area (Å²) in [5.41, 5.74) is 1.17. The van der Waals surface area contributed by atoms with Gasteiger partial charge in [-0.1, -0.05) is 6.07 Å².